The van der Waals surface area contributed by atoms with Crippen molar-refractivity contribution in [2.75, 3.05) is 20.0 Å². The molecular weight excluding hydrogens is 406 g/mol. The second kappa shape index (κ2) is 8.62. The van der Waals surface area contributed by atoms with Gasteiger partial charge in [0.05, 0.1) is 12.7 Å². The topological polar surface area (TPSA) is 66.0 Å². The highest BCUT2D eigenvalue weighted by Crippen LogP contribution is 2.56. The van der Waals surface area contributed by atoms with Crippen LogP contribution in [0.1, 0.15) is 64.5 Å². The van der Waals surface area contributed by atoms with Crippen LogP contribution in [0.2, 0.25) is 0 Å². The normalized spacial score (nSPS) is 34.0. The van der Waals surface area contributed by atoms with Gasteiger partial charge in [0.2, 0.25) is 6.79 Å². The number of carbonyl (C=O) groups excluding carboxylic acids is 1. The number of nitrogens with one attached hydrogen (secondary N) is 1. The zero-order chi connectivity index (χ0) is 22.3. The Bertz CT molecular complexity index is 892. The van der Waals surface area contributed by atoms with E-state index in [-0.39, 0.29) is 42.3 Å². The lowest BCUT2D eigenvalue weighted by Gasteiger charge is -2.55. The van der Waals surface area contributed by atoms with Gasteiger partial charge < -0.3 is 24.3 Å². The third-order valence-electron chi connectivity index (χ3n) is 8.37. The Hall–Kier alpha value is -2.21. The number of ether oxygens (including phenoxy) is 4. The number of hydrogen-bond acceptors (Lipinski definition) is 5. The van der Waals surface area contributed by atoms with Crippen LogP contribution in [0, 0.1) is 23.2 Å². The summed E-state index contributed by atoms with van der Waals surface area (Å²) in [5.74, 6) is 2.38. The van der Waals surface area contributed by atoms with Crippen molar-refractivity contribution in [3.05, 3.63) is 35.4 Å². The predicted molar refractivity (Wildman–Crippen MR) is 121 cm³/mol. The first kappa shape index (κ1) is 21.6. The van der Waals surface area contributed by atoms with E-state index in [1.807, 2.05) is 12.1 Å². The van der Waals surface area contributed by atoms with Crippen LogP contribution in [0.4, 0.5) is 4.79 Å². The highest BCUT2D eigenvalue weighted by Gasteiger charge is 2.54. The molecule has 0 aromatic heterocycles. The average molecular weight is 442 g/mol. The molecule has 2 aliphatic carbocycles. The SMILES string of the molecule is CC1=CC(C)[C@@]2(COC(=O)NC3CCCCC3)COC(c3ccc4c(c3)OCO4)C1[C@@H]2C. The van der Waals surface area contributed by atoms with E-state index >= 15 is 0 Å². The van der Waals surface area contributed by atoms with Crippen LogP contribution in [0.25, 0.3) is 0 Å². The van der Waals surface area contributed by atoms with Gasteiger partial charge in [-0.2, -0.15) is 0 Å². The molecule has 1 N–H and O–H groups in total. The van der Waals surface area contributed by atoms with Crippen molar-refractivity contribution < 1.29 is 23.7 Å². The fraction of sp³-hybridized carbons (Fsp3) is 0.654. The van der Waals surface area contributed by atoms with E-state index in [0.29, 0.717) is 19.1 Å². The Morgan fingerprint density at radius 3 is 2.75 bits per heavy atom. The lowest BCUT2D eigenvalue weighted by Crippen LogP contribution is -2.55. The molecule has 1 amide bonds. The van der Waals surface area contributed by atoms with Gasteiger partial charge >= 0.3 is 6.09 Å². The molecule has 174 valence electrons. The number of rotatable bonds is 4. The van der Waals surface area contributed by atoms with Gasteiger partial charge in [-0.1, -0.05) is 50.8 Å². The van der Waals surface area contributed by atoms with Gasteiger partial charge in [0, 0.05) is 17.4 Å². The van der Waals surface area contributed by atoms with E-state index in [1.54, 1.807) is 0 Å². The number of allylic oxidation sites excluding steroid dienone is 1. The lowest BCUT2D eigenvalue weighted by molar-refractivity contribution is -0.165. The summed E-state index contributed by atoms with van der Waals surface area (Å²) in [4.78, 5) is 12.6. The first-order valence-electron chi connectivity index (χ1n) is 12.1. The molecule has 1 aromatic rings. The second-order valence-corrected chi connectivity index (χ2v) is 10.1. The molecule has 0 radical (unpaired) electrons. The molecule has 1 saturated carbocycles. The van der Waals surface area contributed by atoms with Crippen LogP contribution >= 0.6 is 0 Å². The van der Waals surface area contributed by atoms with Gasteiger partial charge in [-0.15, -0.1) is 0 Å². The van der Waals surface area contributed by atoms with Gasteiger partial charge in [0.25, 0.3) is 0 Å². The molecule has 6 heteroatoms. The number of benzene rings is 1. The molecule has 32 heavy (non-hydrogen) atoms. The molecule has 2 aliphatic heterocycles. The first-order valence-corrected chi connectivity index (χ1v) is 12.1. The van der Waals surface area contributed by atoms with Gasteiger partial charge in [0.15, 0.2) is 11.5 Å². The van der Waals surface area contributed by atoms with E-state index in [1.165, 1.54) is 24.8 Å². The second-order valence-electron chi connectivity index (χ2n) is 10.1. The number of carbonyl (C=O) groups is 1. The maximum Gasteiger partial charge on any atom is 0.407 e. The van der Waals surface area contributed by atoms with Gasteiger partial charge in [-0.25, -0.2) is 4.79 Å². The molecule has 2 bridgehead atoms. The van der Waals surface area contributed by atoms with Crippen LogP contribution in [-0.4, -0.2) is 32.1 Å². The largest absolute Gasteiger partial charge is 0.454 e. The van der Waals surface area contributed by atoms with Crippen molar-refractivity contribution in [3.8, 4) is 11.5 Å². The minimum Gasteiger partial charge on any atom is -0.454 e. The third kappa shape index (κ3) is 3.76. The third-order valence-corrected chi connectivity index (χ3v) is 8.37. The Morgan fingerprint density at radius 2 is 1.94 bits per heavy atom. The van der Waals surface area contributed by atoms with Crippen LogP contribution < -0.4 is 14.8 Å². The van der Waals surface area contributed by atoms with E-state index in [4.69, 9.17) is 18.9 Å². The molecule has 5 rings (SSSR count). The number of hydrogen-bond donors (Lipinski definition) is 1. The van der Waals surface area contributed by atoms with Gasteiger partial charge in [-0.05, 0) is 49.3 Å². The van der Waals surface area contributed by atoms with E-state index in [2.05, 4.69) is 38.2 Å². The number of fused-ring (bicyclic) bond motifs is 3. The smallest absolute Gasteiger partial charge is 0.407 e. The summed E-state index contributed by atoms with van der Waals surface area (Å²) in [5.41, 5.74) is 2.23. The Balaban J connectivity index is 1.32. The Morgan fingerprint density at radius 1 is 1.16 bits per heavy atom. The molecule has 0 spiro atoms. The molecule has 1 aromatic carbocycles. The minimum atomic E-state index is -0.286. The zero-order valence-corrected chi connectivity index (χ0v) is 19.4. The maximum absolute atomic E-state index is 12.6. The zero-order valence-electron chi connectivity index (χ0n) is 19.4. The maximum atomic E-state index is 12.6. The molecule has 1 saturated heterocycles. The molecular formula is C26H35NO5. The number of amides is 1. The van der Waals surface area contributed by atoms with E-state index in [9.17, 15) is 4.79 Å². The van der Waals surface area contributed by atoms with Crippen molar-refractivity contribution in [1.29, 1.82) is 0 Å². The quantitative estimate of drug-likeness (QED) is 0.636. The molecule has 2 heterocycles. The van der Waals surface area contributed by atoms with Crippen LogP contribution in [-0.2, 0) is 9.47 Å². The Kier molecular flexibility index (Phi) is 5.82. The summed E-state index contributed by atoms with van der Waals surface area (Å²) in [7, 11) is 0. The Labute approximate surface area is 190 Å². The van der Waals surface area contributed by atoms with E-state index < -0.39 is 0 Å². The van der Waals surface area contributed by atoms with Crippen LogP contribution in [0.15, 0.2) is 29.8 Å². The molecule has 6 nitrogen and oxygen atoms in total. The lowest BCUT2D eigenvalue weighted by atomic mass is 9.56. The van der Waals surface area contributed by atoms with Gasteiger partial charge in [-0.3, -0.25) is 0 Å². The monoisotopic (exact) mass is 441 g/mol. The summed E-state index contributed by atoms with van der Waals surface area (Å²) < 4.78 is 23.5. The fourth-order valence-corrected chi connectivity index (χ4v) is 6.30. The predicted octanol–water partition coefficient (Wildman–Crippen LogP) is 5.38. The molecule has 5 atom stereocenters. The van der Waals surface area contributed by atoms with Crippen LogP contribution in [0.5, 0.6) is 11.5 Å². The molecule has 2 fully saturated rings. The fourth-order valence-electron chi connectivity index (χ4n) is 6.30. The average Bonchev–Trinajstić information content (AvgIpc) is 3.25. The van der Waals surface area contributed by atoms with Gasteiger partial charge in [0.1, 0.15) is 6.61 Å². The van der Waals surface area contributed by atoms with Crippen LogP contribution in [0.3, 0.4) is 0 Å². The number of alkyl carbamates (subject to hydrolysis) is 1. The highest BCUT2D eigenvalue weighted by molar-refractivity contribution is 5.67. The van der Waals surface area contributed by atoms with Crippen molar-refractivity contribution in [2.24, 2.45) is 23.2 Å². The summed E-state index contributed by atoms with van der Waals surface area (Å²) in [6.07, 6.45) is 7.76. The summed E-state index contributed by atoms with van der Waals surface area (Å²) in [6.45, 7) is 7.93. The van der Waals surface area contributed by atoms with Crippen molar-refractivity contribution >= 4 is 6.09 Å². The van der Waals surface area contributed by atoms with Crippen molar-refractivity contribution in [3.63, 3.8) is 0 Å². The molecule has 4 aliphatic rings. The van der Waals surface area contributed by atoms with Crippen molar-refractivity contribution in [1.82, 2.24) is 5.32 Å². The summed E-state index contributed by atoms with van der Waals surface area (Å²) >= 11 is 0. The minimum absolute atomic E-state index is 0.0487. The molecule has 3 unspecified atom stereocenters. The van der Waals surface area contributed by atoms with E-state index in [0.717, 1.165) is 29.9 Å². The first-order chi connectivity index (χ1) is 15.5. The summed E-state index contributed by atoms with van der Waals surface area (Å²) in [5, 5.41) is 3.08. The highest BCUT2D eigenvalue weighted by atomic mass is 16.7. The summed E-state index contributed by atoms with van der Waals surface area (Å²) in [6, 6.07) is 6.35. The van der Waals surface area contributed by atoms with Crippen molar-refractivity contribution in [2.45, 2.75) is 65.0 Å². The standard InChI is InChI=1S/C26H35NO5/c1-16-11-17(2)26(14-30-25(28)27-20-7-5-4-6-8-20)13-29-24(23(16)18(26)3)19-9-10-21-22(12-19)32-15-31-21/h9-12,17-18,20,23-24H,4-8,13-15H2,1-3H3,(H,27,28)/t17?,18-,23?,24?,26-/m0/s1.